The summed E-state index contributed by atoms with van der Waals surface area (Å²) in [6, 6.07) is 0. The monoisotopic (exact) mass is 352 g/mol. The zero-order valence-electron chi connectivity index (χ0n) is 16.9. The van der Waals surface area contributed by atoms with Crippen molar-refractivity contribution in [2.75, 3.05) is 0 Å². The van der Waals surface area contributed by atoms with Crippen molar-refractivity contribution in [1.82, 2.24) is 0 Å². The summed E-state index contributed by atoms with van der Waals surface area (Å²) in [6.07, 6.45) is 20.9. The van der Waals surface area contributed by atoms with E-state index in [0.717, 1.165) is 43.4 Å². The number of hydrogen-bond acceptors (Lipinski definition) is 1. The average Bonchev–Trinajstić information content (AvgIpc) is 2.97. The molecule has 0 aromatic rings. The van der Waals surface area contributed by atoms with Gasteiger partial charge in [-0.2, -0.15) is 0 Å². The van der Waals surface area contributed by atoms with Crippen LogP contribution in [0.15, 0.2) is 23.3 Å². The zero-order chi connectivity index (χ0) is 18.5. The first-order valence-electron chi connectivity index (χ1n) is 10.9. The first-order chi connectivity index (χ1) is 12.4. The molecule has 1 nitrogen and oxygen atoms in total. The van der Waals surface area contributed by atoms with E-state index >= 15 is 0 Å². The lowest BCUT2D eigenvalue weighted by Gasteiger charge is -2.55. The molecule has 0 aromatic carbocycles. The van der Waals surface area contributed by atoms with Crippen LogP contribution < -0.4 is 0 Å². The number of aliphatic hydroxyl groups is 1. The quantitative estimate of drug-likeness (QED) is 0.627. The first-order valence-corrected chi connectivity index (χ1v) is 10.9. The van der Waals surface area contributed by atoms with Gasteiger partial charge in [-0.25, -0.2) is 0 Å². The van der Waals surface area contributed by atoms with E-state index in [1.807, 2.05) is 0 Å². The van der Waals surface area contributed by atoms with Crippen LogP contribution in [0.4, 0.5) is 0 Å². The molecule has 0 radical (unpaired) electrons. The van der Waals surface area contributed by atoms with Gasteiger partial charge in [-0.05, 0) is 85.9 Å². The van der Waals surface area contributed by atoms with Crippen molar-refractivity contribution in [3.05, 3.63) is 23.3 Å². The third-order valence-electron chi connectivity index (χ3n) is 9.05. The lowest BCUT2D eigenvalue weighted by atomic mass is 9.50. The molecule has 3 fully saturated rings. The second-order valence-corrected chi connectivity index (χ2v) is 10.2. The lowest BCUT2D eigenvalue weighted by Crippen LogP contribution is -2.46. The van der Waals surface area contributed by atoms with Crippen LogP contribution in [-0.2, 0) is 0 Å². The molecule has 1 heteroatoms. The molecule has 4 aliphatic rings. The third-order valence-corrected chi connectivity index (χ3v) is 9.05. The second kappa shape index (κ2) is 6.56. The van der Waals surface area contributed by atoms with Crippen molar-refractivity contribution in [1.29, 1.82) is 0 Å². The first kappa shape index (κ1) is 18.4. The van der Waals surface area contributed by atoms with Crippen LogP contribution in [0.1, 0.15) is 78.6 Å². The average molecular weight is 353 g/mol. The third kappa shape index (κ3) is 2.63. The highest BCUT2D eigenvalue weighted by Crippen LogP contribution is 2.66. The number of rotatable bonds is 3. The van der Waals surface area contributed by atoms with Gasteiger partial charge >= 0.3 is 0 Å². The van der Waals surface area contributed by atoms with E-state index in [2.05, 4.69) is 38.8 Å². The molecular formula is C25H36O. The van der Waals surface area contributed by atoms with E-state index in [9.17, 15) is 5.11 Å². The minimum atomic E-state index is -0.119. The molecule has 0 bridgehead atoms. The molecule has 142 valence electrons. The Balaban J connectivity index is 1.62. The second-order valence-electron chi connectivity index (χ2n) is 10.2. The van der Waals surface area contributed by atoms with Gasteiger partial charge in [0.05, 0.1) is 6.10 Å². The fourth-order valence-corrected chi connectivity index (χ4v) is 7.47. The van der Waals surface area contributed by atoms with Crippen LogP contribution >= 0.6 is 0 Å². The fraction of sp³-hybridized carbons (Fsp3) is 0.760. The molecular weight excluding hydrogens is 316 g/mol. The Kier molecular flexibility index (Phi) is 4.63. The van der Waals surface area contributed by atoms with Crippen molar-refractivity contribution in [3.63, 3.8) is 0 Å². The highest BCUT2D eigenvalue weighted by Gasteiger charge is 2.56. The largest absolute Gasteiger partial charge is 0.393 e. The molecule has 7 atom stereocenters. The summed E-state index contributed by atoms with van der Waals surface area (Å²) in [5, 5.41) is 10.1. The minimum absolute atomic E-state index is 0.119. The van der Waals surface area contributed by atoms with Gasteiger partial charge < -0.3 is 5.11 Å². The summed E-state index contributed by atoms with van der Waals surface area (Å²) >= 11 is 0. The molecule has 0 heterocycles. The summed E-state index contributed by atoms with van der Waals surface area (Å²) in [6.45, 7) is 7.52. The summed E-state index contributed by atoms with van der Waals surface area (Å²) < 4.78 is 0. The van der Waals surface area contributed by atoms with E-state index in [1.165, 1.54) is 37.7 Å². The summed E-state index contributed by atoms with van der Waals surface area (Å²) in [4.78, 5) is 0. The van der Waals surface area contributed by atoms with Gasteiger partial charge in [-0.3, -0.25) is 0 Å². The minimum Gasteiger partial charge on any atom is -0.393 e. The molecule has 26 heavy (non-hydrogen) atoms. The van der Waals surface area contributed by atoms with E-state index in [4.69, 9.17) is 6.42 Å². The molecule has 4 aliphatic carbocycles. The predicted octanol–water partition coefficient (Wildman–Crippen LogP) is 5.90. The molecule has 1 N–H and O–H groups in total. The number of aliphatic hydroxyl groups excluding tert-OH is 1. The molecule has 3 saturated carbocycles. The van der Waals surface area contributed by atoms with Gasteiger partial charge in [0.15, 0.2) is 0 Å². The fourth-order valence-electron chi connectivity index (χ4n) is 7.47. The molecule has 0 aromatic heterocycles. The Morgan fingerprint density at radius 1 is 1.15 bits per heavy atom. The Morgan fingerprint density at radius 3 is 2.73 bits per heavy atom. The highest BCUT2D eigenvalue weighted by atomic mass is 16.3. The van der Waals surface area contributed by atoms with Gasteiger partial charge in [-0.1, -0.05) is 44.1 Å². The maximum absolute atomic E-state index is 10.1. The maximum atomic E-state index is 10.1. The van der Waals surface area contributed by atoms with Crippen LogP contribution in [-0.4, -0.2) is 11.2 Å². The topological polar surface area (TPSA) is 20.2 Å². The zero-order valence-corrected chi connectivity index (χ0v) is 16.9. The molecule has 0 saturated heterocycles. The number of terminal acetylenes is 1. The number of fused-ring (bicyclic) bond motifs is 5. The van der Waals surface area contributed by atoms with Crippen molar-refractivity contribution in [2.24, 2.45) is 34.5 Å². The van der Waals surface area contributed by atoms with Crippen molar-refractivity contribution >= 4 is 0 Å². The van der Waals surface area contributed by atoms with Crippen LogP contribution in [0.5, 0.6) is 0 Å². The Morgan fingerprint density at radius 2 is 1.96 bits per heavy atom. The van der Waals surface area contributed by atoms with Crippen LogP contribution in [0.2, 0.25) is 0 Å². The summed E-state index contributed by atoms with van der Waals surface area (Å²) in [5.74, 6) is 5.90. The van der Waals surface area contributed by atoms with E-state index in [-0.39, 0.29) is 6.10 Å². The molecule has 0 spiro atoms. The standard InChI is InChI=1S/C25H36O/c1-5-6-7-17(2)21-10-11-22-20-9-8-18-16-19(26)12-14-24(18,3)23(20)13-15-25(21,22)4/h1,8-9,17,19,21-23,26H,6-7,10-16H2,2-4H3. The maximum Gasteiger partial charge on any atom is 0.0578 e. The summed E-state index contributed by atoms with van der Waals surface area (Å²) in [7, 11) is 0. The normalized spacial score (nSPS) is 45.5. The van der Waals surface area contributed by atoms with Crippen LogP contribution in [0.3, 0.4) is 0 Å². The highest BCUT2D eigenvalue weighted by molar-refractivity contribution is 5.38. The van der Waals surface area contributed by atoms with Crippen molar-refractivity contribution in [3.8, 4) is 12.3 Å². The van der Waals surface area contributed by atoms with E-state index < -0.39 is 0 Å². The number of hydrogen-bond donors (Lipinski definition) is 1. The summed E-state index contributed by atoms with van der Waals surface area (Å²) in [5.41, 5.74) is 4.04. The Hall–Kier alpha value is -1.00. The Bertz CT molecular complexity index is 664. The smallest absolute Gasteiger partial charge is 0.0578 e. The van der Waals surface area contributed by atoms with Crippen molar-refractivity contribution < 1.29 is 5.11 Å². The number of allylic oxidation sites excluding steroid dienone is 3. The Labute approximate surface area is 160 Å². The van der Waals surface area contributed by atoms with Gasteiger partial charge in [-0.15, -0.1) is 12.3 Å². The van der Waals surface area contributed by atoms with Gasteiger partial charge in [0.1, 0.15) is 0 Å². The van der Waals surface area contributed by atoms with Gasteiger partial charge in [0, 0.05) is 6.42 Å². The molecule has 7 unspecified atom stereocenters. The van der Waals surface area contributed by atoms with E-state index in [1.54, 1.807) is 5.57 Å². The van der Waals surface area contributed by atoms with Gasteiger partial charge in [0.2, 0.25) is 0 Å². The molecule has 0 amide bonds. The SMILES string of the molecule is C#CCCC(C)C1CCC2C3=CC=C4CC(O)CCC4(C)C3CCC21C. The van der Waals surface area contributed by atoms with E-state index in [0.29, 0.717) is 16.7 Å². The van der Waals surface area contributed by atoms with Crippen LogP contribution in [0.25, 0.3) is 0 Å². The molecule has 4 rings (SSSR count). The lowest BCUT2D eigenvalue weighted by molar-refractivity contribution is 0.0328. The van der Waals surface area contributed by atoms with Crippen LogP contribution in [0, 0.1) is 46.8 Å². The predicted molar refractivity (Wildman–Crippen MR) is 108 cm³/mol. The van der Waals surface area contributed by atoms with Gasteiger partial charge in [0.25, 0.3) is 0 Å². The molecule has 0 aliphatic heterocycles. The van der Waals surface area contributed by atoms with Crippen molar-refractivity contribution in [2.45, 2.75) is 84.7 Å².